The first-order valence-electron chi connectivity index (χ1n) is 15.9. The molecule has 1 aromatic carbocycles. The summed E-state index contributed by atoms with van der Waals surface area (Å²) in [5.41, 5.74) is 1.29. The minimum atomic E-state index is -1.30. The lowest BCUT2D eigenvalue weighted by atomic mass is 9.61. The molecule has 1 spiro atoms. The summed E-state index contributed by atoms with van der Waals surface area (Å²) in [5.74, 6) is 1.25. The van der Waals surface area contributed by atoms with Gasteiger partial charge in [0, 0.05) is 80.4 Å². The summed E-state index contributed by atoms with van der Waals surface area (Å²) < 4.78 is 41.6. The van der Waals surface area contributed by atoms with Gasteiger partial charge in [0.25, 0.3) is 5.91 Å². The quantitative estimate of drug-likeness (QED) is 0.324. The Bertz CT molecular complexity index is 1590. The molecule has 3 fully saturated rings. The van der Waals surface area contributed by atoms with Gasteiger partial charge in [0.15, 0.2) is 11.6 Å². The highest BCUT2D eigenvalue weighted by molar-refractivity contribution is 5.97. The smallest absolute Gasteiger partial charge is 0.258 e. The first kappa shape index (κ1) is 29.8. The van der Waals surface area contributed by atoms with Gasteiger partial charge in [0.1, 0.15) is 35.4 Å². The van der Waals surface area contributed by atoms with Gasteiger partial charge in [-0.2, -0.15) is 0 Å². The van der Waals surface area contributed by atoms with E-state index in [4.69, 9.17) is 9.47 Å². The molecule has 1 saturated heterocycles. The van der Waals surface area contributed by atoms with Crippen molar-refractivity contribution >= 4 is 11.7 Å². The molecular formula is C34H40F2N6O3. The Morgan fingerprint density at radius 1 is 1.09 bits per heavy atom. The molecule has 1 amide bonds. The number of pyridine rings is 1. The monoisotopic (exact) mass is 618 g/mol. The zero-order chi connectivity index (χ0) is 31.5. The van der Waals surface area contributed by atoms with Crippen molar-refractivity contribution in [2.75, 3.05) is 31.6 Å². The van der Waals surface area contributed by atoms with Crippen LogP contribution in [0.15, 0.2) is 43.0 Å². The van der Waals surface area contributed by atoms with Crippen molar-refractivity contribution in [3.05, 3.63) is 65.6 Å². The van der Waals surface area contributed by atoms with E-state index in [-0.39, 0.29) is 53.7 Å². The number of carbonyl (C=O) groups is 1. The largest absolute Gasteiger partial charge is 0.490 e. The summed E-state index contributed by atoms with van der Waals surface area (Å²) in [6.45, 7) is 8.78. The van der Waals surface area contributed by atoms with Crippen molar-refractivity contribution in [3.63, 3.8) is 0 Å². The second-order valence-corrected chi connectivity index (χ2v) is 14.0. The van der Waals surface area contributed by atoms with E-state index in [2.05, 4.69) is 31.8 Å². The molecule has 238 valence electrons. The number of nitrogens with zero attached hydrogens (tertiary/aromatic N) is 6. The van der Waals surface area contributed by atoms with Gasteiger partial charge in [-0.25, -0.2) is 18.7 Å². The van der Waals surface area contributed by atoms with Crippen molar-refractivity contribution in [1.82, 2.24) is 24.8 Å². The second-order valence-electron chi connectivity index (χ2n) is 14.0. The van der Waals surface area contributed by atoms with E-state index in [0.29, 0.717) is 11.6 Å². The molecule has 45 heavy (non-hydrogen) atoms. The van der Waals surface area contributed by atoms with Crippen molar-refractivity contribution in [1.29, 1.82) is 0 Å². The maximum atomic E-state index is 14.5. The number of alkyl halides is 1. The number of amides is 1. The molecular weight excluding hydrogens is 578 g/mol. The third-order valence-corrected chi connectivity index (χ3v) is 9.79. The molecule has 0 radical (unpaired) electrons. The molecule has 0 N–H and O–H groups in total. The maximum absolute atomic E-state index is 14.5. The van der Waals surface area contributed by atoms with E-state index in [0.717, 1.165) is 56.9 Å². The Morgan fingerprint density at radius 2 is 1.87 bits per heavy atom. The number of rotatable bonds is 8. The van der Waals surface area contributed by atoms with E-state index in [1.54, 1.807) is 18.0 Å². The molecule has 2 aromatic heterocycles. The van der Waals surface area contributed by atoms with Crippen molar-refractivity contribution < 1.29 is 23.0 Å². The second kappa shape index (κ2) is 11.2. The van der Waals surface area contributed by atoms with Crippen LogP contribution in [-0.2, 0) is 13.0 Å². The summed E-state index contributed by atoms with van der Waals surface area (Å²) in [6, 6.07) is 5.45. The van der Waals surface area contributed by atoms with Crippen LogP contribution in [0.5, 0.6) is 17.2 Å². The number of aromatic nitrogens is 3. The first-order chi connectivity index (χ1) is 21.5. The third kappa shape index (κ3) is 5.71. The van der Waals surface area contributed by atoms with Crippen LogP contribution in [-0.4, -0.2) is 81.2 Å². The predicted molar refractivity (Wildman–Crippen MR) is 165 cm³/mol. The van der Waals surface area contributed by atoms with Crippen LogP contribution in [0.1, 0.15) is 68.1 Å². The zero-order valence-electron chi connectivity index (χ0n) is 26.3. The Hall–Kier alpha value is -3.86. The van der Waals surface area contributed by atoms with E-state index in [1.165, 1.54) is 30.1 Å². The molecule has 2 saturated carbocycles. The Labute approximate surface area is 262 Å². The molecule has 2 aliphatic carbocycles. The highest BCUT2D eigenvalue weighted by atomic mass is 19.1. The number of carbonyl (C=O) groups excluding carboxylic acids is 1. The number of halogens is 2. The molecule has 9 nitrogen and oxygen atoms in total. The minimum Gasteiger partial charge on any atom is -0.490 e. The minimum absolute atomic E-state index is 0.0921. The fraction of sp³-hybridized carbons (Fsp3) is 0.529. The summed E-state index contributed by atoms with van der Waals surface area (Å²) in [4.78, 5) is 33.1. The lowest BCUT2D eigenvalue weighted by Crippen LogP contribution is -2.65. The summed E-state index contributed by atoms with van der Waals surface area (Å²) in [6.07, 6.45) is 8.42. The van der Waals surface area contributed by atoms with Gasteiger partial charge in [-0.05, 0) is 64.9 Å². The van der Waals surface area contributed by atoms with Crippen LogP contribution in [0, 0.1) is 11.2 Å². The molecule has 3 aromatic rings. The predicted octanol–water partition coefficient (Wildman–Crippen LogP) is 5.58. The average molecular weight is 619 g/mol. The number of fused-ring (bicyclic) bond motifs is 1. The van der Waals surface area contributed by atoms with Gasteiger partial charge in [0.05, 0.1) is 11.8 Å². The van der Waals surface area contributed by atoms with E-state index < -0.39 is 11.5 Å². The molecule has 2 aliphatic heterocycles. The normalized spacial score (nSPS) is 24.0. The highest BCUT2D eigenvalue weighted by Crippen LogP contribution is 2.52. The van der Waals surface area contributed by atoms with Gasteiger partial charge >= 0.3 is 0 Å². The van der Waals surface area contributed by atoms with Gasteiger partial charge in [-0.15, -0.1) is 0 Å². The molecule has 4 aliphatic rings. The summed E-state index contributed by atoms with van der Waals surface area (Å²) in [5, 5.41) is 0. The van der Waals surface area contributed by atoms with Crippen LogP contribution in [0.3, 0.4) is 0 Å². The molecule has 7 rings (SSSR count). The van der Waals surface area contributed by atoms with Crippen LogP contribution in [0.4, 0.5) is 14.6 Å². The fourth-order valence-corrected chi connectivity index (χ4v) is 7.57. The van der Waals surface area contributed by atoms with Crippen LogP contribution in [0.2, 0.25) is 0 Å². The third-order valence-electron chi connectivity index (χ3n) is 9.79. The van der Waals surface area contributed by atoms with E-state index in [9.17, 15) is 13.6 Å². The zero-order valence-corrected chi connectivity index (χ0v) is 26.3. The van der Waals surface area contributed by atoms with Gasteiger partial charge in [-0.1, -0.05) is 0 Å². The Morgan fingerprint density at radius 3 is 2.60 bits per heavy atom. The number of hydrogen-bond acceptors (Lipinski definition) is 8. The number of benzene rings is 1. The molecule has 0 bridgehead atoms. The Balaban J connectivity index is 1.03. The first-order valence-corrected chi connectivity index (χ1v) is 15.9. The SMILES string of the molecule is CC(C)N(C(=O)c1cc(F)ccc1Oc1cncnc1N1CC2(CC(Oc3ccnc4c3CN(C)CC4)C2)C1)C1CC(C)(F)C1. The van der Waals surface area contributed by atoms with Gasteiger partial charge in [0.2, 0.25) is 0 Å². The van der Waals surface area contributed by atoms with E-state index in [1.807, 2.05) is 26.1 Å². The van der Waals surface area contributed by atoms with Gasteiger partial charge in [-0.3, -0.25) is 9.78 Å². The van der Waals surface area contributed by atoms with Gasteiger partial charge < -0.3 is 24.2 Å². The summed E-state index contributed by atoms with van der Waals surface area (Å²) in [7, 11) is 2.12. The van der Waals surface area contributed by atoms with Crippen molar-refractivity contribution in [2.24, 2.45) is 5.41 Å². The van der Waals surface area contributed by atoms with E-state index >= 15 is 0 Å². The Kier molecular flexibility index (Phi) is 7.42. The van der Waals surface area contributed by atoms with Crippen molar-refractivity contribution in [3.8, 4) is 17.2 Å². The van der Waals surface area contributed by atoms with Crippen molar-refractivity contribution in [2.45, 2.75) is 83.3 Å². The average Bonchev–Trinajstić information content (AvgIpc) is 2.94. The van der Waals surface area contributed by atoms with Crippen LogP contribution < -0.4 is 14.4 Å². The molecule has 4 heterocycles. The molecule has 0 unspecified atom stereocenters. The topological polar surface area (TPSA) is 83.9 Å². The highest BCUT2D eigenvalue weighted by Gasteiger charge is 2.54. The number of anilines is 1. The number of likely N-dealkylation sites (N-methyl/N-ethyl adjacent to an activating group) is 1. The summed E-state index contributed by atoms with van der Waals surface area (Å²) >= 11 is 0. The maximum Gasteiger partial charge on any atom is 0.258 e. The number of hydrogen-bond donors (Lipinski definition) is 0. The molecule has 11 heteroatoms. The van der Waals surface area contributed by atoms with Crippen LogP contribution in [0.25, 0.3) is 0 Å². The fourth-order valence-electron chi connectivity index (χ4n) is 7.57. The standard InChI is InChI=1S/C34H40F2N6O3/c1-21(2)42(23-12-33(3,36)13-23)32(43)25-11-22(35)5-6-28(25)45-30-16-37-20-39-31(30)41-18-34(19-41)14-24(15-34)44-29-7-9-38-27-8-10-40(4)17-26(27)29/h5-7,9,11,16,20-21,23-24H,8,10,12-15,17-19H2,1-4H3. The lowest BCUT2D eigenvalue weighted by Gasteiger charge is -2.59. The van der Waals surface area contributed by atoms with Crippen LogP contribution >= 0.6 is 0 Å². The lowest BCUT2D eigenvalue weighted by molar-refractivity contribution is -0.0352. The number of ether oxygens (including phenoxy) is 2. The molecule has 0 atom stereocenters.